The Morgan fingerprint density at radius 3 is 2.23 bits per heavy atom. The molecule has 0 saturated heterocycles. The van der Waals surface area contributed by atoms with Crippen molar-refractivity contribution < 1.29 is 13.2 Å². The molecule has 0 radical (unpaired) electrons. The number of ether oxygens (including phenoxy) is 1. The highest BCUT2D eigenvalue weighted by atomic mass is 32.2. The Morgan fingerprint density at radius 2 is 1.64 bits per heavy atom. The van der Waals surface area contributed by atoms with Gasteiger partial charge in [-0.15, -0.1) is 0 Å². The number of rotatable bonds is 5. The first kappa shape index (κ1) is 16.5. The van der Waals surface area contributed by atoms with Crippen LogP contribution in [0.1, 0.15) is 22.3 Å². The van der Waals surface area contributed by atoms with Crippen molar-refractivity contribution in [1.29, 1.82) is 0 Å². The average Bonchev–Trinajstić information content (AvgIpc) is 2.44. The Morgan fingerprint density at radius 1 is 1.05 bits per heavy atom. The Kier molecular flexibility index (Phi) is 4.88. The van der Waals surface area contributed by atoms with Crippen molar-refractivity contribution in [3.05, 3.63) is 58.7 Å². The van der Waals surface area contributed by atoms with Crippen LogP contribution in [0.15, 0.2) is 41.3 Å². The minimum absolute atomic E-state index is 0.194. The number of aryl methyl sites for hydroxylation is 3. The highest BCUT2D eigenvalue weighted by Gasteiger charge is 2.20. The standard InChI is InChI=1S/C17H21NO3S/c1-12-9-13(2)17(14(3)10-12)22(19,20)18-11-15-7-5-6-8-16(15)21-4/h5-10,18H,11H2,1-4H3. The zero-order valence-corrected chi connectivity index (χ0v) is 14.1. The molecular weight excluding hydrogens is 298 g/mol. The van der Waals surface area contributed by atoms with Crippen LogP contribution in [0.4, 0.5) is 0 Å². The van der Waals surface area contributed by atoms with E-state index >= 15 is 0 Å². The first-order chi connectivity index (χ1) is 10.3. The molecule has 0 heterocycles. The lowest BCUT2D eigenvalue weighted by Gasteiger charge is -2.14. The molecule has 5 heteroatoms. The van der Waals surface area contributed by atoms with Gasteiger partial charge in [0.2, 0.25) is 10.0 Å². The van der Waals surface area contributed by atoms with E-state index in [9.17, 15) is 8.42 Å². The molecule has 0 aromatic heterocycles. The minimum Gasteiger partial charge on any atom is -0.496 e. The van der Waals surface area contributed by atoms with E-state index in [1.807, 2.05) is 57.2 Å². The van der Waals surface area contributed by atoms with E-state index in [1.54, 1.807) is 7.11 Å². The number of hydrogen-bond donors (Lipinski definition) is 1. The van der Waals surface area contributed by atoms with Crippen molar-refractivity contribution in [3.63, 3.8) is 0 Å². The quantitative estimate of drug-likeness (QED) is 0.921. The first-order valence-corrected chi connectivity index (χ1v) is 8.53. The molecule has 1 N–H and O–H groups in total. The Labute approximate surface area is 132 Å². The fourth-order valence-electron chi connectivity index (χ4n) is 2.68. The normalized spacial score (nSPS) is 11.5. The van der Waals surface area contributed by atoms with Crippen LogP contribution in [0.3, 0.4) is 0 Å². The Hall–Kier alpha value is -1.85. The van der Waals surface area contributed by atoms with Gasteiger partial charge in [-0.3, -0.25) is 0 Å². The number of benzene rings is 2. The van der Waals surface area contributed by atoms with Crippen LogP contribution in [0.2, 0.25) is 0 Å². The van der Waals surface area contributed by atoms with Crippen molar-refractivity contribution in [1.82, 2.24) is 4.72 Å². The van der Waals surface area contributed by atoms with Gasteiger partial charge in [0.05, 0.1) is 12.0 Å². The largest absolute Gasteiger partial charge is 0.496 e. The van der Waals surface area contributed by atoms with Crippen molar-refractivity contribution in [2.24, 2.45) is 0 Å². The minimum atomic E-state index is -3.57. The average molecular weight is 319 g/mol. The highest BCUT2D eigenvalue weighted by Crippen LogP contribution is 2.23. The second kappa shape index (κ2) is 6.50. The second-order valence-electron chi connectivity index (χ2n) is 5.36. The van der Waals surface area contributed by atoms with Crippen LogP contribution in [-0.2, 0) is 16.6 Å². The summed E-state index contributed by atoms with van der Waals surface area (Å²) in [4.78, 5) is 0.355. The summed E-state index contributed by atoms with van der Waals surface area (Å²) < 4.78 is 33.1. The zero-order valence-electron chi connectivity index (χ0n) is 13.3. The molecule has 0 aliphatic rings. The SMILES string of the molecule is COc1ccccc1CNS(=O)(=O)c1c(C)cc(C)cc1C. The number of methoxy groups -OCH3 is 1. The summed E-state index contributed by atoms with van der Waals surface area (Å²) in [5.41, 5.74) is 3.37. The van der Waals surface area contributed by atoms with Crippen LogP contribution < -0.4 is 9.46 Å². The molecule has 4 nitrogen and oxygen atoms in total. The van der Waals surface area contributed by atoms with Crippen molar-refractivity contribution in [2.45, 2.75) is 32.2 Å². The first-order valence-electron chi connectivity index (χ1n) is 7.04. The van der Waals surface area contributed by atoms with E-state index in [-0.39, 0.29) is 6.54 Å². The van der Waals surface area contributed by atoms with Gasteiger partial charge >= 0.3 is 0 Å². The summed E-state index contributed by atoms with van der Waals surface area (Å²) in [5.74, 6) is 0.669. The fourth-order valence-corrected chi connectivity index (χ4v) is 4.14. The third-order valence-corrected chi connectivity index (χ3v) is 5.22. The van der Waals surface area contributed by atoms with Crippen molar-refractivity contribution >= 4 is 10.0 Å². The van der Waals surface area contributed by atoms with Gasteiger partial charge in [0.25, 0.3) is 0 Å². The lowest BCUT2D eigenvalue weighted by molar-refractivity contribution is 0.409. The molecule has 2 aromatic rings. The second-order valence-corrected chi connectivity index (χ2v) is 7.07. The van der Waals surface area contributed by atoms with Crippen LogP contribution >= 0.6 is 0 Å². The van der Waals surface area contributed by atoms with E-state index in [1.165, 1.54) is 0 Å². The summed E-state index contributed by atoms with van der Waals surface area (Å²) in [7, 11) is -2.00. The molecule has 0 spiro atoms. The topological polar surface area (TPSA) is 55.4 Å². The Balaban J connectivity index is 2.29. The summed E-state index contributed by atoms with van der Waals surface area (Å²) in [6.07, 6.45) is 0. The maximum atomic E-state index is 12.6. The van der Waals surface area contributed by atoms with Crippen molar-refractivity contribution in [3.8, 4) is 5.75 Å². The third-order valence-electron chi connectivity index (χ3n) is 3.52. The predicted octanol–water partition coefficient (Wildman–Crippen LogP) is 3.10. The van der Waals surface area contributed by atoms with Crippen LogP contribution in [0, 0.1) is 20.8 Å². The summed E-state index contributed by atoms with van der Waals surface area (Å²) in [6, 6.07) is 11.1. The van der Waals surface area contributed by atoms with E-state index < -0.39 is 10.0 Å². The molecule has 0 bridgehead atoms. The molecular formula is C17H21NO3S. The molecule has 0 aliphatic heterocycles. The van der Waals surface area contributed by atoms with E-state index in [2.05, 4.69) is 4.72 Å². The van der Waals surface area contributed by atoms with E-state index in [0.717, 1.165) is 22.3 Å². The fraction of sp³-hybridized carbons (Fsp3) is 0.294. The maximum absolute atomic E-state index is 12.6. The number of nitrogens with one attached hydrogen (secondary N) is 1. The molecule has 2 aromatic carbocycles. The molecule has 2 rings (SSSR count). The van der Waals surface area contributed by atoms with Gasteiger partial charge in [0.1, 0.15) is 5.75 Å². The monoisotopic (exact) mass is 319 g/mol. The van der Waals surface area contributed by atoms with Crippen LogP contribution in [-0.4, -0.2) is 15.5 Å². The number of para-hydroxylation sites is 1. The third kappa shape index (κ3) is 3.48. The molecule has 0 unspecified atom stereocenters. The van der Waals surface area contributed by atoms with Gasteiger partial charge in [-0.05, 0) is 38.0 Å². The molecule has 118 valence electrons. The number of sulfonamides is 1. The lowest BCUT2D eigenvalue weighted by Crippen LogP contribution is -2.25. The predicted molar refractivity (Wildman–Crippen MR) is 87.7 cm³/mol. The van der Waals surface area contributed by atoms with Gasteiger partial charge in [-0.1, -0.05) is 35.9 Å². The lowest BCUT2D eigenvalue weighted by atomic mass is 10.1. The van der Waals surface area contributed by atoms with E-state index in [4.69, 9.17) is 4.74 Å². The van der Waals surface area contributed by atoms with Crippen LogP contribution in [0.25, 0.3) is 0 Å². The Bertz CT molecular complexity index is 759. The van der Waals surface area contributed by atoms with E-state index in [0.29, 0.717) is 10.6 Å². The highest BCUT2D eigenvalue weighted by molar-refractivity contribution is 7.89. The summed E-state index contributed by atoms with van der Waals surface area (Å²) >= 11 is 0. The van der Waals surface area contributed by atoms with Gasteiger partial charge in [-0.2, -0.15) is 0 Å². The smallest absolute Gasteiger partial charge is 0.241 e. The number of hydrogen-bond acceptors (Lipinski definition) is 3. The van der Waals surface area contributed by atoms with Gasteiger partial charge in [0.15, 0.2) is 0 Å². The maximum Gasteiger partial charge on any atom is 0.241 e. The molecule has 0 saturated carbocycles. The van der Waals surface area contributed by atoms with Gasteiger partial charge in [0, 0.05) is 12.1 Å². The molecule has 0 fully saturated rings. The van der Waals surface area contributed by atoms with Crippen LogP contribution in [0.5, 0.6) is 5.75 Å². The van der Waals surface area contributed by atoms with Gasteiger partial charge in [-0.25, -0.2) is 13.1 Å². The molecule has 22 heavy (non-hydrogen) atoms. The van der Waals surface area contributed by atoms with Crippen molar-refractivity contribution in [2.75, 3.05) is 7.11 Å². The molecule has 0 aliphatic carbocycles. The molecule has 0 amide bonds. The summed E-state index contributed by atoms with van der Waals surface area (Å²) in [6.45, 7) is 5.78. The molecule has 0 atom stereocenters. The zero-order chi connectivity index (χ0) is 16.3. The summed E-state index contributed by atoms with van der Waals surface area (Å²) in [5, 5.41) is 0. The van der Waals surface area contributed by atoms with Gasteiger partial charge < -0.3 is 4.74 Å².